The summed E-state index contributed by atoms with van der Waals surface area (Å²) in [5.41, 5.74) is 0.829. The van der Waals surface area contributed by atoms with Gasteiger partial charge in [-0.3, -0.25) is 9.20 Å². The molecule has 2 aromatic rings. The molecule has 0 bridgehead atoms. The molecule has 0 spiro atoms. The molecule has 0 amide bonds. The molecule has 0 aromatic carbocycles. The first kappa shape index (κ1) is 9.57. The molecule has 6 heteroatoms. The minimum atomic E-state index is -0.813. The minimum absolute atomic E-state index is 0.432. The number of carboxylic acids is 1. The number of carboxylic acid groups (broad SMARTS) is 1. The lowest BCUT2D eigenvalue weighted by molar-refractivity contribution is -0.141. The van der Waals surface area contributed by atoms with Crippen molar-refractivity contribution in [2.24, 2.45) is 5.92 Å². The SMILES string of the molecule is CC(Cc1cnc2nnccn12)C(=O)O. The average Bonchev–Trinajstić information content (AvgIpc) is 2.62. The van der Waals surface area contributed by atoms with Crippen LogP contribution in [0.2, 0.25) is 0 Å². The van der Waals surface area contributed by atoms with Crippen LogP contribution in [0.5, 0.6) is 0 Å². The van der Waals surface area contributed by atoms with E-state index in [1.54, 1.807) is 29.9 Å². The van der Waals surface area contributed by atoms with Crippen LogP contribution in [0.15, 0.2) is 18.6 Å². The van der Waals surface area contributed by atoms with E-state index < -0.39 is 11.9 Å². The van der Waals surface area contributed by atoms with Crippen molar-refractivity contribution in [2.75, 3.05) is 0 Å². The highest BCUT2D eigenvalue weighted by atomic mass is 16.4. The molecule has 2 heterocycles. The number of fused-ring (bicyclic) bond motifs is 1. The Morgan fingerprint density at radius 3 is 3.20 bits per heavy atom. The van der Waals surface area contributed by atoms with Gasteiger partial charge in [0.1, 0.15) is 0 Å². The molecule has 0 aliphatic heterocycles. The van der Waals surface area contributed by atoms with Gasteiger partial charge in [0.25, 0.3) is 5.78 Å². The average molecular weight is 206 g/mol. The van der Waals surface area contributed by atoms with E-state index in [4.69, 9.17) is 5.11 Å². The molecule has 1 N–H and O–H groups in total. The largest absolute Gasteiger partial charge is 0.481 e. The third kappa shape index (κ3) is 1.78. The fourth-order valence-electron chi connectivity index (χ4n) is 1.36. The Bertz CT molecular complexity index is 494. The van der Waals surface area contributed by atoms with E-state index in [1.807, 2.05) is 0 Å². The Morgan fingerprint density at radius 2 is 2.47 bits per heavy atom. The van der Waals surface area contributed by atoms with Crippen molar-refractivity contribution in [2.45, 2.75) is 13.3 Å². The fraction of sp³-hybridized carbons (Fsp3) is 0.333. The molecule has 15 heavy (non-hydrogen) atoms. The van der Waals surface area contributed by atoms with Crippen LogP contribution < -0.4 is 0 Å². The molecule has 2 rings (SSSR count). The molecule has 0 radical (unpaired) electrons. The van der Waals surface area contributed by atoms with Gasteiger partial charge in [-0.05, 0) is 0 Å². The van der Waals surface area contributed by atoms with Crippen molar-refractivity contribution in [3.05, 3.63) is 24.3 Å². The van der Waals surface area contributed by atoms with Crippen molar-refractivity contribution in [3.8, 4) is 0 Å². The minimum Gasteiger partial charge on any atom is -0.481 e. The zero-order chi connectivity index (χ0) is 10.8. The lowest BCUT2D eigenvalue weighted by Crippen LogP contribution is -2.13. The molecule has 0 aliphatic rings. The molecule has 1 unspecified atom stereocenters. The fourth-order valence-corrected chi connectivity index (χ4v) is 1.36. The monoisotopic (exact) mass is 206 g/mol. The lowest BCUT2D eigenvalue weighted by atomic mass is 10.1. The third-order valence-electron chi connectivity index (χ3n) is 2.22. The standard InChI is InChI=1S/C9H10N4O2/c1-6(8(14)15)4-7-5-10-9-12-11-2-3-13(7)9/h2-3,5-6H,4H2,1H3,(H,14,15). The Kier molecular flexibility index (Phi) is 2.32. The van der Waals surface area contributed by atoms with Crippen LogP contribution in [0, 0.1) is 5.92 Å². The Labute approximate surface area is 85.6 Å². The van der Waals surface area contributed by atoms with Crippen LogP contribution in [-0.4, -0.2) is 30.7 Å². The zero-order valence-corrected chi connectivity index (χ0v) is 8.16. The molecular weight excluding hydrogens is 196 g/mol. The van der Waals surface area contributed by atoms with E-state index in [-0.39, 0.29) is 0 Å². The van der Waals surface area contributed by atoms with Gasteiger partial charge in [-0.1, -0.05) is 6.92 Å². The van der Waals surface area contributed by atoms with Crippen LogP contribution in [0.1, 0.15) is 12.6 Å². The number of rotatable bonds is 3. The predicted octanol–water partition coefficient (Wildman–Crippen LogP) is 0.387. The smallest absolute Gasteiger partial charge is 0.306 e. The number of nitrogens with zero attached hydrogens (tertiary/aromatic N) is 4. The summed E-state index contributed by atoms with van der Waals surface area (Å²) in [5, 5.41) is 16.3. The summed E-state index contributed by atoms with van der Waals surface area (Å²) in [6.45, 7) is 1.66. The number of carbonyl (C=O) groups is 1. The van der Waals surface area contributed by atoms with Crippen molar-refractivity contribution in [1.82, 2.24) is 19.6 Å². The van der Waals surface area contributed by atoms with Crippen molar-refractivity contribution in [3.63, 3.8) is 0 Å². The van der Waals surface area contributed by atoms with Gasteiger partial charge in [0.2, 0.25) is 0 Å². The van der Waals surface area contributed by atoms with Crippen LogP contribution in [-0.2, 0) is 11.2 Å². The first-order chi connectivity index (χ1) is 7.18. The van der Waals surface area contributed by atoms with Gasteiger partial charge < -0.3 is 5.11 Å². The number of aliphatic carboxylic acids is 1. The maximum Gasteiger partial charge on any atom is 0.306 e. The van der Waals surface area contributed by atoms with Crippen molar-refractivity contribution < 1.29 is 9.90 Å². The van der Waals surface area contributed by atoms with Crippen LogP contribution >= 0.6 is 0 Å². The summed E-state index contributed by atoms with van der Waals surface area (Å²) < 4.78 is 1.74. The van der Waals surface area contributed by atoms with E-state index in [2.05, 4.69) is 15.2 Å². The topological polar surface area (TPSA) is 80.4 Å². The van der Waals surface area contributed by atoms with Crippen LogP contribution in [0.4, 0.5) is 0 Å². The molecule has 6 nitrogen and oxygen atoms in total. The maximum atomic E-state index is 10.7. The van der Waals surface area contributed by atoms with Gasteiger partial charge >= 0.3 is 5.97 Å². The first-order valence-corrected chi connectivity index (χ1v) is 4.55. The van der Waals surface area contributed by atoms with E-state index in [9.17, 15) is 4.79 Å². The van der Waals surface area contributed by atoms with Crippen LogP contribution in [0.3, 0.4) is 0 Å². The predicted molar refractivity (Wildman–Crippen MR) is 51.3 cm³/mol. The van der Waals surface area contributed by atoms with Gasteiger partial charge in [-0.2, -0.15) is 5.10 Å². The van der Waals surface area contributed by atoms with Crippen LogP contribution in [0.25, 0.3) is 5.78 Å². The van der Waals surface area contributed by atoms with Gasteiger partial charge in [0.15, 0.2) is 0 Å². The van der Waals surface area contributed by atoms with Gasteiger partial charge in [-0.15, -0.1) is 5.10 Å². The summed E-state index contributed by atoms with van der Waals surface area (Å²) in [4.78, 5) is 14.7. The summed E-state index contributed by atoms with van der Waals surface area (Å²) >= 11 is 0. The molecule has 0 fully saturated rings. The highest BCUT2D eigenvalue weighted by molar-refractivity contribution is 5.69. The lowest BCUT2D eigenvalue weighted by Gasteiger charge is -2.04. The maximum absolute atomic E-state index is 10.7. The quantitative estimate of drug-likeness (QED) is 0.785. The third-order valence-corrected chi connectivity index (χ3v) is 2.22. The van der Waals surface area contributed by atoms with E-state index in [0.29, 0.717) is 12.2 Å². The highest BCUT2D eigenvalue weighted by Crippen LogP contribution is 2.09. The molecule has 78 valence electrons. The molecular formula is C9H10N4O2. The number of aromatic nitrogens is 4. The normalized spacial score (nSPS) is 12.9. The molecule has 0 saturated carbocycles. The number of hydrogen-bond acceptors (Lipinski definition) is 4. The second-order valence-electron chi connectivity index (χ2n) is 3.38. The summed E-state index contributed by atoms with van der Waals surface area (Å²) in [5.74, 6) is -0.755. The van der Waals surface area contributed by atoms with Gasteiger partial charge in [0.05, 0.1) is 18.3 Å². The number of imidazole rings is 1. The molecule has 0 saturated heterocycles. The summed E-state index contributed by atoms with van der Waals surface area (Å²) in [6, 6.07) is 0. The van der Waals surface area contributed by atoms with E-state index in [1.165, 1.54) is 0 Å². The molecule has 1 atom stereocenters. The van der Waals surface area contributed by atoms with Gasteiger partial charge in [-0.25, -0.2) is 4.98 Å². The second kappa shape index (κ2) is 3.64. The van der Waals surface area contributed by atoms with Crippen molar-refractivity contribution >= 4 is 11.7 Å². The van der Waals surface area contributed by atoms with E-state index in [0.717, 1.165) is 5.69 Å². The molecule has 2 aromatic heterocycles. The summed E-state index contributed by atoms with van der Waals surface area (Å²) in [6.07, 6.45) is 5.33. The summed E-state index contributed by atoms with van der Waals surface area (Å²) in [7, 11) is 0. The second-order valence-corrected chi connectivity index (χ2v) is 3.38. The van der Waals surface area contributed by atoms with Crippen molar-refractivity contribution in [1.29, 1.82) is 0 Å². The zero-order valence-electron chi connectivity index (χ0n) is 8.16. The Hall–Kier alpha value is -1.98. The molecule has 0 aliphatic carbocycles. The number of hydrogen-bond donors (Lipinski definition) is 1. The Morgan fingerprint density at radius 1 is 1.67 bits per heavy atom. The highest BCUT2D eigenvalue weighted by Gasteiger charge is 2.14. The van der Waals surface area contributed by atoms with Gasteiger partial charge in [0, 0.05) is 18.3 Å². The van der Waals surface area contributed by atoms with E-state index >= 15 is 0 Å². The Balaban J connectivity index is 2.32. The first-order valence-electron chi connectivity index (χ1n) is 4.55.